The van der Waals surface area contributed by atoms with Gasteiger partial charge in [-0.2, -0.15) is 0 Å². The van der Waals surface area contributed by atoms with Crippen LogP contribution in [0.3, 0.4) is 0 Å². The molecule has 5 nitrogen and oxygen atoms in total. The van der Waals surface area contributed by atoms with Gasteiger partial charge in [0.25, 0.3) is 5.56 Å². The predicted molar refractivity (Wildman–Crippen MR) is 86.0 cm³/mol. The molecule has 0 aliphatic carbocycles. The Labute approximate surface area is 126 Å². The molecule has 0 fully saturated rings. The first kappa shape index (κ1) is 13.9. The predicted octanol–water partition coefficient (Wildman–Crippen LogP) is 2.81. The van der Waals surface area contributed by atoms with Gasteiger partial charge in [-0.3, -0.25) is 4.79 Å². The Morgan fingerprint density at radius 3 is 2.82 bits per heavy atom. The molecule has 0 atom stereocenters. The first-order valence-electron chi connectivity index (χ1n) is 6.71. The molecule has 0 unspecified atom stereocenters. The van der Waals surface area contributed by atoms with E-state index in [2.05, 4.69) is 9.97 Å². The second kappa shape index (κ2) is 5.73. The molecule has 1 heterocycles. The van der Waals surface area contributed by atoms with E-state index in [9.17, 15) is 9.90 Å². The quantitative estimate of drug-likeness (QED) is 0.779. The number of aromatic amines is 1. The van der Waals surface area contributed by atoms with E-state index in [-0.39, 0.29) is 11.3 Å². The molecule has 0 spiro atoms. The second-order valence-electron chi connectivity index (χ2n) is 4.73. The summed E-state index contributed by atoms with van der Waals surface area (Å²) in [6.45, 7) is 0. The fourth-order valence-electron chi connectivity index (χ4n) is 2.13. The van der Waals surface area contributed by atoms with Crippen molar-refractivity contribution in [3.05, 3.63) is 64.1 Å². The molecular weight excluding hydrogens is 280 g/mol. The van der Waals surface area contributed by atoms with E-state index >= 15 is 0 Å². The molecule has 0 bridgehead atoms. The zero-order valence-corrected chi connectivity index (χ0v) is 11.9. The van der Waals surface area contributed by atoms with Gasteiger partial charge in [0.1, 0.15) is 5.69 Å². The highest BCUT2D eigenvalue weighted by Crippen LogP contribution is 2.26. The summed E-state index contributed by atoms with van der Waals surface area (Å²) in [5.41, 5.74) is 2.30. The summed E-state index contributed by atoms with van der Waals surface area (Å²) in [5.74, 6) is 0.448. The van der Waals surface area contributed by atoms with Gasteiger partial charge in [-0.05, 0) is 35.9 Å². The second-order valence-corrected chi connectivity index (χ2v) is 4.73. The average Bonchev–Trinajstić information content (AvgIpc) is 2.54. The highest BCUT2D eigenvalue weighted by Gasteiger charge is 2.03. The van der Waals surface area contributed by atoms with Crippen LogP contribution in [0.4, 0.5) is 0 Å². The van der Waals surface area contributed by atoms with Gasteiger partial charge in [-0.1, -0.05) is 24.3 Å². The van der Waals surface area contributed by atoms with Crippen LogP contribution < -0.4 is 10.3 Å². The van der Waals surface area contributed by atoms with Gasteiger partial charge in [0.15, 0.2) is 11.5 Å². The third-order valence-corrected chi connectivity index (χ3v) is 3.26. The van der Waals surface area contributed by atoms with E-state index in [0.29, 0.717) is 17.0 Å². The fourth-order valence-corrected chi connectivity index (χ4v) is 2.13. The number of fused-ring (bicyclic) bond motifs is 1. The third kappa shape index (κ3) is 2.69. The van der Waals surface area contributed by atoms with Crippen molar-refractivity contribution in [2.75, 3.05) is 7.11 Å². The molecule has 22 heavy (non-hydrogen) atoms. The molecule has 0 aliphatic rings. The van der Waals surface area contributed by atoms with Crippen LogP contribution in [0.25, 0.3) is 23.2 Å². The maximum atomic E-state index is 12.0. The normalized spacial score (nSPS) is 11.1. The number of hydrogen-bond donors (Lipinski definition) is 2. The number of aromatic nitrogens is 2. The summed E-state index contributed by atoms with van der Waals surface area (Å²) in [5, 5.41) is 9.57. The number of ether oxygens (including phenoxy) is 1. The summed E-state index contributed by atoms with van der Waals surface area (Å²) < 4.78 is 5.05. The largest absolute Gasteiger partial charge is 0.504 e. The lowest BCUT2D eigenvalue weighted by atomic mass is 10.1. The number of H-pyrrole nitrogens is 1. The van der Waals surface area contributed by atoms with Gasteiger partial charge < -0.3 is 14.8 Å². The number of para-hydroxylation sites is 2. The van der Waals surface area contributed by atoms with E-state index in [4.69, 9.17) is 4.74 Å². The van der Waals surface area contributed by atoms with Crippen LogP contribution in [0.1, 0.15) is 11.3 Å². The lowest BCUT2D eigenvalue weighted by Gasteiger charge is -2.03. The zero-order chi connectivity index (χ0) is 15.5. The maximum absolute atomic E-state index is 12.0. The van der Waals surface area contributed by atoms with Crippen molar-refractivity contribution in [1.29, 1.82) is 0 Å². The SMILES string of the molecule is COc1cc(/C=C/c2nc3ccccc3[nH]c2=O)ccc1O. The number of phenols is 1. The standard InChI is InChI=1S/C17H14N2O3/c1-22-16-10-11(7-9-15(16)20)6-8-14-17(21)19-13-5-3-2-4-12(13)18-14/h2-10,20H,1H3,(H,19,21)/b8-6+. The van der Waals surface area contributed by atoms with Crippen molar-refractivity contribution in [3.63, 3.8) is 0 Å². The maximum Gasteiger partial charge on any atom is 0.274 e. The number of methoxy groups -OCH3 is 1. The molecule has 2 aromatic carbocycles. The van der Waals surface area contributed by atoms with Gasteiger partial charge >= 0.3 is 0 Å². The number of hydrogen-bond acceptors (Lipinski definition) is 4. The number of rotatable bonds is 3. The number of benzene rings is 2. The summed E-state index contributed by atoms with van der Waals surface area (Å²) in [6.07, 6.45) is 3.38. The van der Waals surface area contributed by atoms with Gasteiger partial charge in [-0.25, -0.2) is 4.98 Å². The summed E-state index contributed by atoms with van der Waals surface area (Å²) >= 11 is 0. The van der Waals surface area contributed by atoms with Gasteiger partial charge in [0, 0.05) is 0 Å². The van der Waals surface area contributed by atoms with Gasteiger partial charge in [-0.15, -0.1) is 0 Å². The Morgan fingerprint density at radius 2 is 2.00 bits per heavy atom. The number of nitrogens with zero attached hydrogens (tertiary/aromatic N) is 1. The summed E-state index contributed by atoms with van der Waals surface area (Å²) in [7, 11) is 1.48. The molecule has 0 amide bonds. The average molecular weight is 294 g/mol. The van der Waals surface area contributed by atoms with Crippen LogP contribution >= 0.6 is 0 Å². The van der Waals surface area contributed by atoms with E-state index in [0.717, 1.165) is 11.1 Å². The first-order chi connectivity index (χ1) is 10.7. The molecule has 3 aromatic rings. The Bertz CT molecular complexity index is 913. The van der Waals surface area contributed by atoms with Crippen LogP contribution in [0.2, 0.25) is 0 Å². The molecule has 110 valence electrons. The fraction of sp³-hybridized carbons (Fsp3) is 0.0588. The zero-order valence-electron chi connectivity index (χ0n) is 11.9. The van der Waals surface area contributed by atoms with E-state index in [1.54, 1.807) is 24.3 Å². The minimum atomic E-state index is -0.249. The molecule has 0 saturated heterocycles. The van der Waals surface area contributed by atoms with Crippen LogP contribution in [-0.4, -0.2) is 22.2 Å². The lowest BCUT2D eigenvalue weighted by Crippen LogP contribution is -2.11. The summed E-state index contributed by atoms with van der Waals surface area (Å²) in [6, 6.07) is 12.3. The van der Waals surface area contributed by atoms with Gasteiger partial charge in [0.2, 0.25) is 0 Å². The van der Waals surface area contributed by atoms with Crippen molar-refractivity contribution in [2.45, 2.75) is 0 Å². The molecular formula is C17H14N2O3. The van der Waals surface area contributed by atoms with Crippen LogP contribution in [0.5, 0.6) is 11.5 Å². The third-order valence-electron chi connectivity index (χ3n) is 3.26. The monoisotopic (exact) mass is 294 g/mol. The van der Waals surface area contributed by atoms with Crippen LogP contribution in [0, 0.1) is 0 Å². The van der Waals surface area contributed by atoms with E-state index < -0.39 is 0 Å². The minimum absolute atomic E-state index is 0.0707. The van der Waals surface area contributed by atoms with Crippen LogP contribution in [0.15, 0.2) is 47.3 Å². The lowest BCUT2D eigenvalue weighted by molar-refractivity contribution is 0.373. The smallest absolute Gasteiger partial charge is 0.274 e. The minimum Gasteiger partial charge on any atom is -0.504 e. The van der Waals surface area contributed by atoms with Gasteiger partial charge in [0.05, 0.1) is 18.1 Å². The number of phenolic OH excluding ortho intramolecular Hbond substituents is 1. The molecule has 1 aromatic heterocycles. The topological polar surface area (TPSA) is 75.2 Å². The Hall–Kier alpha value is -3.08. The van der Waals surface area contributed by atoms with E-state index in [1.807, 2.05) is 24.3 Å². The van der Waals surface area contributed by atoms with Crippen molar-refractivity contribution in [3.8, 4) is 11.5 Å². The van der Waals surface area contributed by atoms with E-state index in [1.165, 1.54) is 13.2 Å². The van der Waals surface area contributed by atoms with Crippen LogP contribution in [-0.2, 0) is 0 Å². The van der Waals surface area contributed by atoms with Crippen molar-refractivity contribution >= 4 is 23.2 Å². The van der Waals surface area contributed by atoms with Crippen molar-refractivity contribution < 1.29 is 9.84 Å². The molecule has 0 saturated carbocycles. The highest BCUT2D eigenvalue weighted by atomic mass is 16.5. The Morgan fingerprint density at radius 1 is 1.18 bits per heavy atom. The molecule has 0 radical (unpaired) electrons. The molecule has 0 aliphatic heterocycles. The van der Waals surface area contributed by atoms with Crippen molar-refractivity contribution in [2.24, 2.45) is 0 Å². The number of nitrogens with one attached hydrogen (secondary N) is 1. The first-order valence-corrected chi connectivity index (χ1v) is 6.71. The molecule has 5 heteroatoms. The highest BCUT2D eigenvalue weighted by molar-refractivity contribution is 5.76. The number of aromatic hydroxyl groups is 1. The molecule has 3 rings (SSSR count). The Balaban J connectivity index is 1.98. The van der Waals surface area contributed by atoms with Crippen molar-refractivity contribution in [1.82, 2.24) is 9.97 Å². The summed E-state index contributed by atoms with van der Waals surface area (Å²) in [4.78, 5) is 19.1. The Kier molecular flexibility index (Phi) is 3.62. The molecule has 2 N–H and O–H groups in total.